The summed E-state index contributed by atoms with van der Waals surface area (Å²) in [6.45, 7) is 13.0. The summed E-state index contributed by atoms with van der Waals surface area (Å²) in [6, 6.07) is 0. The zero-order chi connectivity index (χ0) is 58.6. The van der Waals surface area contributed by atoms with E-state index in [2.05, 4.69) is 25.6 Å². The summed E-state index contributed by atoms with van der Waals surface area (Å²) < 4.78 is 34.5. The smallest absolute Gasteiger partial charge is 0.232 e. The minimum Gasteiger partial charge on any atom is -0.390 e. The average molecular weight is 1150 g/mol. The van der Waals surface area contributed by atoms with Crippen molar-refractivity contribution in [1.29, 1.82) is 0 Å². The van der Waals surface area contributed by atoms with Gasteiger partial charge in [-0.3, -0.25) is 28.8 Å². The number of aliphatic hydroxyl groups is 4. The Hall–Kier alpha value is -4.17. The Morgan fingerprint density at radius 2 is 0.951 bits per heavy atom. The van der Waals surface area contributed by atoms with Gasteiger partial charge in [-0.25, -0.2) is 0 Å². The van der Waals surface area contributed by atoms with Crippen molar-refractivity contribution in [3.8, 4) is 0 Å². The van der Waals surface area contributed by atoms with Crippen molar-refractivity contribution >= 4 is 52.7 Å². The quantitative estimate of drug-likeness (QED) is 0.0497. The van der Waals surface area contributed by atoms with Gasteiger partial charge in [0.1, 0.15) is 52.3 Å². The average Bonchev–Trinajstić information content (AvgIpc) is 4.30. The standard InChI is InChI=1S/C58H95N7O16/c1-39-47(72)49(74)57(37-78-51(39)80-57)35-76-33-14-12-21-41(66)17-8-6-10-19-43(68)25-27-59-53-61-54(63-55(62-53)65-31-29-64(30-32-65)46(71)24-16-23-45(70)56(3,4)5)60-28-26-44(69)20-11-7-9-18-42(67)22-13-15-34-77-36-58-38-79-52(81-58)40(2)48(73)50(58)75/h39-40,47-52,72-75H,6-38H2,1-5H3,(H2,59,60,61,62,63)/t39-,40-,47-,48-,49-,50-,51+,52+,57+,58+/m1/s1. The predicted molar refractivity (Wildman–Crippen MR) is 298 cm³/mol. The van der Waals surface area contributed by atoms with Gasteiger partial charge in [0.2, 0.25) is 23.8 Å². The molecule has 5 aliphatic rings. The number of carbonyl (C=O) groups excluding carboxylic acids is 6. The number of piperazine rings is 1. The summed E-state index contributed by atoms with van der Waals surface area (Å²) in [7, 11) is 0. The molecule has 0 radical (unpaired) electrons. The molecule has 1 aromatic heterocycles. The molecule has 458 valence electrons. The zero-order valence-corrected chi connectivity index (χ0v) is 48.9. The second-order valence-electron chi connectivity index (χ2n) is 24.1. The number of aliphatic hydroxyl groups excluding tert-OH is 4. The van der Waals surface area contributed by atoms with Crippen molar-refractivity contribution in [1.82, 2.24) is 19.9 Å². The first kappa shape index (κ1) is 66.0. The van der Waals surface area contributed by atoms with Crippen molar-refractivity contribution in [3.05, 3.63) is 0 Å². The van der Waals surface area contributed by atoms with Crippen LogP contribution in [0.25, 0.3) is 0 Å². The van der Waals surface area contributed by atoms with Gasteiger partial charge in [0.05, 0.1) is 38.6 Å². The lowest BCUT2D eigenvalue weighted by atomic mass is 9.86. The molecule has 1 aromatic rings. The molecule has 0 spiro atoms. The van der Waals surface area contributed by atoms with Gasteiger partial charge < -0.3 is 69.3 Å². The highest BCUT2D eigenvalue weighted by Crippen LogP contribution is 2.41. The number of nitrogens with zero attached hydrogens (tertiary/aromatic N) is 5. The fourth-order valence-electron chi connectivity index (χ4n) is 10.8. The molecule has 81 heavy (non-hydrogen) atoms. The zero-order valence-electron chi connectivity index (χ0n) is 48.9. The maximum absolute atomic E-state index is 13.1. The molecule has 0 aromatic carbocycles. The molecule has 6 heterocycles. The van der Waals surface area contributed by atoms with E-state index in [1.54, 1.807) is 18.7 Å². The summed E-state index contributed by atoms with van der Waals surface area (Å²) in [5.41, 5.74) is -2.58. The van der Waals surface area contributed by atoms with Crippen LogP contribution in [0.1, 0.15) is 169 Å². The van der Waals surface area contributed by atoms with Gasteiger partial charge in [-0.15, -0.1) is 0 Å². The van der Waals surface area contributed by atoms with Crippen LogP contribution in [0.2, 0.25) is 0 Å². The van der Waals surface area contributed by atoms with E-state index in [1.165, 1.54) is 0 Å². The first-order chi connectivity index (χ1) is 38.7. The van der Waals surface area contributed by atoms with Gasteiger partial charge in [0, 0.05) is 134 Å². The molecule has 5 saturated heterocycles. The molecule has 1 amide bonds. The molecule has 0 unspecified atom stereocenters. The van der Waals surface area contributed by atoms with Crippen molar-refractivity contribution in [2.24, 2.45) is 17.3 Å². The number of carbonyl (C=O) groups is 6. The van der Waals surface area contributed by atoms with Gasteiger partial charge in [0.15, 0.2) is 12.6 Å². The predicted octanol–water partition coefficient (Wildman–Crippen LogP) is 4.43. The normalized spacial score (nSPS) is 27.1. The third kappa shape index (κ3) is 20.0. The van der Waals surface area contributed by atoms with Gasteiger partial charge in [-0.1, -0.05) is 47.5 Å². The minimum atomic E-state index is -1.10. The van der Waals surface area contributed by atoms with Gasteiger partial charge in [-0.05, 0) is 57.8 Å². The SMILES string of the molecule is C[C@H]1[C@H]2OC[C@](COCCCCC(=O)CCCCCC(=O)CCNc3nc(NCCC(=O)CCCCCC(=O)CCCCOC[C@@]45CO[C@@H](O4)[C@H](C)[C@@H](O)[C@H]5O)nc(N4CCN(C(=O)CCCC(=O)C(C)(C)C)CC4)n3)(O2)[C@H](O)[C@@H]1O. The van der Waals surface area contributed by atoms with E-state index in [4.69, 9.17) is 28.4 Å². The summed E-state index contributed by atoms with van der Waals surface area (Å²) in [5, 5.41) is 48.2. The monoisotopic (exact) mass is 1150 g/mol. The Labute approximate surface area is 478 Å². The van der Waals surface area contributed by atoms with E-state index < -0.39 is 53.6 Å². The number of aromatic nitrogens is 3. The number of amides is 1. The molecule has 0 aliphatic carbocycles. The maximum atomic E-state index is 13.1. The van der Waals surface area contributed by atoms with Gasteiger partial charge in [0.25, 0.3) is 0 Å². The van der Waals surface area contributed by atoms with Crippen LogP contribution in [0.5, 0.6) is 0 Å². The Morgan fingerprint density at radius 3 is 1.37 bits per heavy atom. The van der Waals surface area contributed by atoms with Crippen LogP contribution < -0.4 is 15.5 Å². The third-order valence-corrected chi connectivity index (χ3v) is 16.4. The molecule has 10 atom stereocenters. The van der Waals surface area contributed by atoms with E-state index in [0.29, 0.717) is 168 Å². The molecule has 4 bridgehead atoms. The Balaban J connectivity index is 0.843. The van der Waals surface area contributed by atoms with Crippen LogP contribution in [-0.4, -0.2) is 202 Å². The Morgan fingerprint density at radius 1 is 0.543 bits per heavy atom. The molecule has 5 aliphatic heterocycles. The minimum absolute atomic E-state index is 0.00588. The lowest BCUT2D eigenvalue weighted by Gasteiger charge is -2.41. The number of unbranched alkanes of at least 4 members (excludes halogenated alkanes) is 6. The fourth-order valence-corrected chi connectivity index (χ4v) is 10.8. The summed E-state index contributed by atoms with van der Waals surface area (Å²) in [6.07, 6.45) is 5.97. The Kier molecular flexibility index (Phi) is 26.2. The molecule has 6 rings (SSSR count). The number of ketones is 5. The maximum Gasteiger partial charge on any atom is 0.232 e. The number of nitrogens with one attached hydrogen (secondary N) is 2. The van der Waals surface area contributed by atoms with Crippen molar-refractivity contribution < 1.29 is 77.6 Å². The van der Waals surface area contributed by atoms with E-state index in [-0.39, 0.29) is 97.8 Å². The number of rotatable bonds is 39. The highest BCUT2D eigenvalue weighted by molar-refractivity contribution is 5.84. The largest absolute Gasteiger partial charge is 0.390 e. The number of ether oxygens (including phenoxy) is 6. The number of anilines is 3. The third-order valence-electron chi connectivity index (χ3n) is 16.4. The fraction of sp³-hybridized carbons (Fsp3) is 0.845. The first-order valence-corrected chi connectivity index (χ1v) is 30.0. The van der Waals surface area contributed by atoms with E-state index in [0.717, 1.165) is 12.8 Å². The van der Waals surface area contributed by atoms with Crippen molar-refractivity contribution in [3.63, 3.8) is 0 Å². The second kappa shape index (κ2) is 32.2. The lowest BCUT2D eigenvalue weighted by molar-refractivity contribution is -0.248. The number of hydrogen-bond donors (Lipinski definition) is 6. The Bertz CT molecular complexity index is 2080. The molecular formula is C58H95N7O16. The van der Waals surface area contributed by atoms with E-state index in [1.807, 2.05) is 25.7 Å². The van der Waals surface area contributed by atoms with Crippen LogP contribution in [0.4, 0.5) is 17.8 Å². The summed E-state index contributed by atoms with van der Waals surface area (Å²) >= 11 is 0. The number of fused-ring (bicyclic) bond motifs is 4. The highest BCUT2D eigenvalue weighted by atomic mass is 16.8. The molecule has 23 nitrogen and oxygen atoms in total. The first-order valence-electron chi connectivity index (χ1n) is 30.0. The molecule has 0 saturated carbocycles. The van der Waals surface area contributed by atoms with Crippen LogP contribution in [-0.2, 0) is 57.2 Å². The van der Waals surface area contributed by atoms with Crippen molar-refractivity contribution in [2.75, 3.05) is 94.4 Å². The summed E-state index contributed by atoms with van der Waals surface area (Å²) in [4.78, 5) is 94.0. The lowest BCUT2D eigenvalue weighted by Crippen LogP contribution is -2.60. The molecule has 5 fully saturated rings. The van der Waals surface area contributed by atoms with Crippen LogP contribution in [0.15, 0.2) is 0 Å². The summed E-state index contributed by atoms with van der Waals surface area (Å²) in [5.74, 6) is 0.907. The van der Waals surface area contributed by atoms with Crippen molar-refractivity contribution in [2.45, 2.75) is 218 Å². The van der Waals surface area contributed by atoms with E-state index >= 15 is 0 Å². The highest BCUT2D eigenvalue weighted by Gasteiger charge is 2.59. The molecular weight excluding hydrogens is 1050 g/mol. The van der Waals surface area contributed by atoms with E-state index in [9.17, 15) is 49.2 Å². The topological polar surface area (TPSA) is 308 Å². The molecule has 6 N–H and O–H groups in total. The second-order valence-corrected chi connectivity index (χ2v) is 24.1. The van der Waals surface area contributed by atoms with Crippen LogP contribution in [0, 0.1) is 17.3 Å². The molecule has 23 heteroatoms. The van der Waals surface area contributed by atoms with Gasteiger partial charge >= 0.3 is 0 Å². The number of hydrogen-bond acceptors (Lipinski definition) is 22. The number of Topliss-reactive ketones (excluding diaryl/α,β-unsaturated/α-hetero) is 5. The van der Waals surface area contributed by atoms with Gasteiger partial charge in [-0.2, -0.15) is 15.0 Å². The van der Waals surface area contributed by atoms with Crippen LogP contribution >= 0.6 is 0 Å². The van der Waals surface area contributed by atoms with Crippen LogP contribution in [0.3, 0.4) is 0 Å².